The Morgan fingerprint density at radius 3 is 2.56 bits per heavy atom. The van der Waals surface area contributed by atoms with Gasteiger partial charge < -0.3 is 10.1 Å². The van der Waals surface area contributed by atoms with Crippen molar-refractivity contribution in [2.75, 3.05) is 0 Å². The molecule has 0 amide bonds. The Hall–Kier alpha value is -2.15. The lowest BCUT2D eigenvalue weighted by atomic mass is 9.86. The van der Waals surface area contributed by atoms with E-state index in [1.54, 1.807) is 0 Å². The summed E-state index contributed by atoms with van der Waals surface area (Å²) in [6.45, 7) is 6.45. The van der Waals surface area contributed by atoms with Gasteiger partial charge in [0, 0.05) is 25.2 Å². The fraction of sp³-hybridized carbons (Fsp3) is 0.200. The van der Waals surface area contributed by atoms with Gasteiger partial charge in [0.2, 0.25) is 0 Å². The van der Waals surface area contributed by atoms with Crippen molar-refractivity contribution in [2.24, 2.45) is 0 Å². The lowest BCUT2D eigenvalue weighted by molar-refractivity contribution is 0.0693. The molecule has 4 nitrogen and oxygen atoms in total. The maximum atomic E-state index is 11.9. The molecule has 0 radical (unpaired) electrons. The van der Waals surface area contributed by atoms with Gasteiger partial charge in [0.25, 0.3) is 0 Å². The van der Waals surface area contributed by atoms with E-state index in [1.807, 2.05) is 24.3 Å². The molecule has 0 fully saturated rings. The van der Waals surface area contributed by atoms with E-state index in [0.29, 0.717) is 10.9 Å². The van der Waals surface area contributed by atoms with Crippen LogP contribution in [0.25, 0.3) is 32.7 Å². The van der Waals surface area contributed by atoms with Gasteiger partial charge in [-0.25, -0.2) is 9.78 Å². The van der Waals surface area contributed by atoms with Crippen LogP contribution in [-0.4, -0.2) is 21.0 Å². The third kappa shape index (κ3) is 2.57. The monoisotopic (exact) mass is 444 g/mol. The Morgan fingerprint density at radius 2 is 1.88 bits per heavy atom. The van der Waals surface area contributed by atoms with Crippen LogP contribution >= 0.6 is 22.6 Å². The van der Waals surface area contributed by atoms with Crippen molar-refractivity contribution in [2.45, 2.75) is 26.2 Å². The molecule has 0 aliphatic heterocycles. The highest BCUT2D eigenvalue weighted by atomic mass is 127. The third-order valence-electron chi connectivity index (χ3n) is 4.56. The van der Waals surface area contributed by atoms with E-state index in [4.69, 9.17) is 0 Å². The largest absolute Gasteiger partial charge is 0.476 e. The van der Waals surface area contributed by atoms with Gasteiger partial charge in [-0.3, -0.25) is 0 Å². The second-order valence-electron chi connectivity index (χ2n) is 7.31. The van der Waals surface area contributed by atoms with Crippen LogP contribution in [0.5, 0.6) is 0 Å². The molecule has 0 saturated heterocycles. The SMILES string of the molecule is CC(C)(C)c1ccc2[nH]c3c4cc(I)ccc4nc(C(=O)O)c3c2c1. The number of carbonyl (C=O) groups is 1. The van der Waals surface area contributed by atoms with Crippen molar-refractivity contribution >= 4 is 61.3 Å². The van der Waals surface area contributed by atoms with Crippen LogP contribution in [0.1, 0.15) is 36.8 Å². The topological polar surface area (TPSA) is 66.0 Å². The number of pyridine rings is 1. The van der Waals surface area contributed by atoms with Crippen LogP contribution < -0.4 is 0 Å². The second-order valence-corrected chi connectivity index (χ2v) is 8.56. The van der Waals surface area contributed by atoms with Crippen molar-refractivity contribution in [1.29, 1.82) is 0 Å². The lowest BCUT2D eigenvalue weighted by Gasteiger charge is -2.18. The zero-order valence-electron chi connectivity index (χ0n) is 14.1. The molecule has 5 heteroatoms. The summed E-state index contributed by atoms with van der Waals surface area (Å²) in [5.74, 6) is -1.01. The van der Waals surface area contributed by atoms with Gasteiger partial charge in [-0.1, -0.05) is 26.8 Å². The molecule has 0 bridgehead atoms. The maximum absolute atomic E-state index is 11.9. The number of H-pyrrole nitrogens is 1. The summed E-state index contributed by atoms with van der Waals surface area (Å²) in [5.41, 5.74) is 3.70. The van der Waals surface area contributed by atoms with Gasteiger partial charge in [-0.15, -0.1) is 0 Å². The van der Waals surface area contributed by atoms with Gasteiger partial charge in [-0.05, 0) is 63.9 Å². The fourth-order valence-electron chi connectivity index (χ4n) is 3.24. The van der Waals surface area contributed by atoms with E-state index in [-0.39, 0.29) is 11.1 Å². The second kappa shape index (κ2) is 5.42. The van der Waals surface area contributed by atoms with Crippen molar-refractivity contribution in [3.63, 3.8) is 0 Å². The van der Waals surface area contributed by atoms with E-state index in [2.05, 4.69) is 65.5 Å². The minimum Gasteiger partial charge on any atom is -0.476 e. The molecule has 0 aliphatic carbocycles. The minimum absolute atomic E-state index is 0.0131. The summed E-state index contributed by atoms with van der Waals surface area (Å²) >= 11 is 2.26. The van der Waals surface area contributed by atoms with Gasteiger partial charge in [0.15, 0.2) is 5.69 Å². The first-order valence-corrected chi connectivity index (χ1v) is 9.12. The number of carboxylic acid groups (broad SMARTS) is 1. The summed E-state index contributed by atoms with van der Waals surface area (Å²) in [4.78, 5) is 19.7. The van der Waals surface area contributed by atoms with Gasteiger partial charge in [0.05, 0.1) is 11.0 Å². The number of aromatic amines is 1. The van der Waals surface area contributed by atoms with Crippen LogP contribution in [0.15, 0.2) is 36.4 Å². The third-order valence-corrected chi connectivity index (χ3v) is 5.24. The summed E-state index contributed by atoms with van der Waals surface area (Å²) in [5, 5.41) is 12.3. The van der Waals surface area contributed by atoms with E-state index in [0.717, 1.165) is 25.4 Å². The number of halogens is 1. The molecular formula is C20H17IN2O2. The Labute approximate surface area is 158 Å². The molecule has 0 saturated carbocycles. The first-order chi connectivity index (χ1) is 11.8. The molecular weight excluding hydrogens is 427 g/mol. The summed E-state index contributed by atoms with van der Waals surface area (Å²) in [6, 6.07) is 12.1. The van der Waals surface area contributed by atoms with Crippen LogP contribution in [0, 0.1) is 3.57 Å². The Balaban J connectivity index is 2.23. The summed E-state index contributed by atoms with van der Waals surface area (Å²) in [6.07, 6.45) is 0. The number of benzene rings is 2. The maximum Gasteiger partial charge on any atom is 0.355 e. The minimum atomic E-state index is -1.01. The Bertz CT molecular complexity index is 1170. The number of carboxylic acids is 1. The van der Waals surface area contributed by atoms with Gasteiger partial charge in [0.1, 0.15) is 0 Å². The van der Waals surface area contributed by atoms with Crippen molar-refractivity contribution in [3.05, 3.63) is 51.2 Å². The number of aromatic nitrogens is 2. The predicted octanol–water partition coefficient (Wildman–Crippen LogP) is 5.47. The van der Waals surface area contributed by atoms with Crippen LogP contribution in [0.4, 0.5) is 0 Å². The number of fused-ring (bicyclic) bond motifs is 5. The number of nitrogens with zero attached hydrogens (tertiary/aromatic N) is 1. The lowest BCUT2D eigenvalue weighted by Crippen LogP contribution is -2.10. The molecule has 25 heavy (non-hydrogen) atoms. The number of nitrogens with one attached hydrogen (secondary N) is 1. The number of rotatable bonds is 1. The Kier molecular flexibility index (Phi) is 3.54. The van der Waals surface area contributed by atoms with Gasteiger partial charge in [-0.2, -0.15) is 0 Å². The molecule has 2 aromatic carbocycles. The Morgan fingerprint density at radius 1 is 1.12 bits per heavy atom. The van der Waals surface area contributed by atoms with Gasteiger partial charge >= 0.3 is 5.97 Å². The van der Waals surface area contributed by atoms with Crippen molar-refractivity contribution in [3.8, 4) is 0 Å². The molecule has 4 aromatic rings. The standard InChI is InChI=1S/C20H17IN2O2/c1-20(2,3)10-4-6-14-12(8-10)16-17(22-14)13-9-11(21)5-7-15(13)23-18(16)19(24)25/h4-9,22H,1-3H3,(H,24,25). The quantitative estimate of drug-likeness (QED) is 0.383. The average molecular weight is 444 g/mol. The highest BCUT2D eigenvalue weighted by Crippen LogP contribution is 2.35. The average Bonchev–Trinajstić information content (AvgIpc) is 2.92. The smallest absolute Gasteiger partial charge is 0.355 e. The number of hydrogen-bond acceptors (Lipinski definition) is 2. The zero-order chi connectivity index (χ0) is 17.9. The first kappa shape index (κ1) is 16.3. The van der Waals surface area contributed by atoms with Crippen LogP contribution in [-0.2, 0) is 5.41 Å². The van der Waals surface area contributed by atoms with E-state index >= 15 is 0 Å². The molecule has 0 aliphatic rings. The van der Waals surface area contributed by atoms with Crippen LogP contribution in [0.2, 0.25) is 0 Å². The molecule has 126 valence electrons. The molecule has 0 spiro atoms. The molecule has 2 heterocycles. The molecule has 0 unspecified atom stereocenters. The number of aromatic carboxylic acids is 1. The first-order valence-electron chi connectivity index (χ1n) is 8.04. The molecule has 2 N–H and O–H groups in total. The fourth-order valence-corrected chi connectivity index (χ4v) is 3.73. The van der Waals surface area contributed by atoms with Crippen LogP contribution in [0.3, 0.4) is 0 Å². The van der Waals surface area contributed by atoms with Crippen molar-refractivity contribution in [1.82, 2.24) is 9.97 Å². The molecule has 2 aromatic heterocycles. The highest BCUT2D eigenvalue weighted by molar-refractivity contribution is 14.1. The zero-order valence-corrected chi connectivity index (χ0v) is 16.3. The normalized spacial score (nSPS) is 12.3. The molecule has 0 atom stereocenters. The summed E-state index contributed by atoms with van der Waals surface area (Å²) in [7, 11) is 0. The van der Waals surface area contributed by atoms with Crippen molar-refractivity contribution < 1.29 is 9.90 Å². The summed E-state index contributed by atoms with van der Waals surface area (Å²) < 4.78 is 1.09. The van der Waals surface area contributed by atoms with E-state index in [9.17, 15) is 9.90 Å². The highest BCUT2D eigenvalue weighted by Gasteiger charge is 2.21. The number of hydrogen-bond donors (Lipinski definition) is 2. The molecule has 4 rings (SSSR count). The van der Waals surface area contributed by atoms with E-state index in [1.165, 1.54) is 5.56 Å². The van der Waals surface area contributed by atoms with E-state index < -0.39 is 5.97 Å². The predicted molar refractivity (Wildman–Crippen MR) is 109 cm³/mol.